The Hall–Kier alpha value is -2.38. The van der Waals surface area contributed by atoms with Crippen molar-refractivity contribution in [1.29, 1.82) is 0 Å². The van der Waals surface area contributed by atoms with Gasteiger partial charge in [0.2, 0.25) is 4.80 Å². The number of aromatic nitrogens is 1. The highest BCUT2D eigenvalue weighted by Gasteiger charge is 2.14. The lowest BCUT2D eigenvalue weighted by molar-refractivity contribution is 0.415. The molecule has 3 aromatic rings. The maximum absolute atomic E-state index is 12.5. The predicted octanol–water partition coefficient (Wildman–Crippen LogP) is 3.19. The Morgan fingerprint density at radius 3 is 2.67 bits per heavy atom. The van der Waals surface area contributed by atoms with Crippen LogP contribution in [-0.4, -0.2) is 20.1 Å². The zero-order valence-electron chi connectivity index (χ0n) is 13.0. The summed E-state index contributed by atoms with van der Waals surface area (Å²) in [6.45, 7) is 4.21. The van der Waals surface area contributed by atoms with E-state index in [9.17, 15) is 8.42 Å². The molecule has 0 atom stereocenters. The number of allylic oxidation sites excluding steroid dienone is 1. The molecule has 1 heterocycles. The zero-order valence-corrected chi connectivity index (χ0v) is 14.7. The van der Waals surface area contributed by atoms with Gasteiger partial charge in [0.1, 0.15) is 5.75 Å². The molecular weight excluding hydrogens is 344 g/mol. The minimum absolute atomic E-state index is 0.171. The van der Waals surface area contributed by atoms with Gasteiger partial charge < -0.3 is 9.30 Å². The van der Waals surface area contributed by atoms with Crippen LogP contribution in [0.3, 0.4) is 0 Å². The molecule has 0 bridgehead atoms. The van der Waals surface area contributed by atoms with Crippen LogP contribution in [-0.2, 0) is 16.6 Å². The van der Waals surface area contributed by atoms with Crippen LogP contribution in [0.2, 0.25) is 0 Å². The summed E-state index contributed by atoms with van der Waals surface area (Å²) in [5.41, 5.74) is 0.891. The van der Waals surface area contributed by atoms with Gasteiger partial charge in [-0.05, 0) is 30.3 Å². The smallest absolute Gasteiger partial charge is 0.285 e. The topological polar surface area (TPSA) is 60.7 Å². The van der Waals surface area contributed by atoms with E-state index in [0.29, 0.717) is 17.1 Å². The quantitative estimate of drug-likeness (QED) is 0.657. The monoisotopic (exact) mass is 360 g/mol. The fourth-order valence-corrected chi connectivity index (χ4v) is 4.60. The van der Waals surface area contributed by atoms with Crippen molar-refractivity contribution in [2.75, 3.05) is 7.11 Å². The molecule has 3 rings (SSSR count). The van der Waals surface area contributed by atoms with E-state index in [2.05, 4.69) is 11.0 Å². The third-order valence-electron chi connectivity index (χ3n) is 3.44. The molecule has 24 heavy (non-hydrogen) atoms. The maximum atomic E-state index is 12.5. The van der Waals surface area contributed by atoms with Crippen molar-refractivity contribution in [2.24, 2.45) is 4.40 Å². The number of benzene rings is 2. The van der Waals surface area contributed by atoms with Crippen LogP contribution in [0.25, 0.3) is 10.2 Å². The second-order valence-corrected chi connectivity index (χ2v) is 7.61. The van der Waals surface area contributed by atoms with Crippen LogP contribution in [0.4, 0.5) is 0 Å². The van der Waals surface area contributed by atoms with Crippen LogP contribution in [0.15, 0.2) is 70.5 Å². The lowest BCUT2D eigenvalue weighted by Crippen LogP contribution is -2.16. The lowest BCUT2D eigenvalue weighted by atomic mass is 10.3. The fraction of sp³-hybridized carbons (Fsp3) is 0.118. The number of thiazole rings is 1. The molecule has 0 aliphatic heterocycles. The second kappa shape index (κ2) is 6.62. The highest BCUT2D eigenvalue weighted by Crippen LogP contribution is 2.23. The van der Waals surface area contributed by atoms with E-state index in [1.165, 1.54) is 23.5 Å². The van der Waals surface area contributed by atoms with Crippen molar-refractivity contribution < 1.29 is 13.2 Å². The van der Waals surface area contributed by atoms with Gasteiger partial charge in [-0.15, -0.1) is 11.0 Å². The first kappa shape index (κ1) is 16.5. The van der Waals surface area contributed by atoms with Crippen molar-refractivity contribution in [3.8, 4) is 5.75 Å². The average molecular weight is 360 g/mol. The molecule has 124 valence electrons. The van der Waals surface area contributed by atoms with Gasteiger partial charge in [0, 0.05) is 6.54 Å². The molecule has 7 heteroatoms. The van der Waals surface area contributed by atoms with E-state index in [1.807, 2.05) is 22.8 Å². The van der Waals surface area contributed by atoms with Gasteiger partial charge in [-0.1, -0.05) is 35.6 Å². The summed E-state index contributed by atoms with van der Waals surface area (Å²) >= 11 is 1.30. The molecule has 0 N–H and O–H groups in total. The Morgan fingerprint density at radius 1 is 1.25 bits per heavy atom. The molecule has 0 amide bonds. The van der Waals surface area contributed by atoms with Gasteiger partial charge in [0.25, 0.3) is 10.0 Å². The third kappa shape index (κ3) is 3.13. The largest absolute Gasteiger partial charge is 0.497 e. The summed E-state index contributed by atoms with van der Waals surface area (Å²) in [7, 11) is -2.17. The summed E-state index contributed by atoms with van der Waals surface area (Å²) in [6.07, 6.45) is 1.71. The van der Waals surface area contributed by atoms with Gasteiger partial charge in [0.15, 0.2) is 0 Å². The normalized spacial score (nSPS) is 12.5. The highest BCUT2D eigenvalue weighted by atomic mass is 32.2. The number of methoxy groups -OCH3 is 1. The fourth-order valence-electron chi connectivity index (χ4n) is 2.30. The Balaban J connectivity index is 2.24. The minimum atomic E-state index is -3.77. The van der Waals surface area contributed by atoms with Gasteiger partial charge in [0.05, 0.1) is 22.2 Å². The van der Waals surface area contributed by atoms with Gasteiger partial charge in [-0.2, -0.15) is 8.42 Å². The number of nitrogens with zero attached hydrogens (tertiary/aromatic N) is 2. The van der Waals surface area contributed by atoms with Crippen LogP contribution in [0.5, 0.6) is 5.75 Å². The summed E-state index contributed by atoms with van der Waals surface area (Å²) in [4.78, 5) is 0.576. The first-order chi connectivity index (χ1) is 11.5. The summed E-state index contributed by atoms with van der Waals surface area (Å²) in [5, 5.41) is 0. The Labute approximate surface area is 144 Å². The van der Waals surface area contributed by atoms with Gasteiger partial charge >= 0.3 is 0 Å². The molecule has 0 saturated carbocycles. The van der Waals surface area contributed by atoms with Gasteiger partial charge in [-0.3, -0.25) is 0 Å². The molecule has 0 radical (unpaired) electrons. The summed E-state index contributed by atoms with van der Waals surface area (Å²) < 4.78 is 37.1. The lowest BCUT2D eigenvalue weighted by Gasteiger charge is -2.03. The average Bonchev–Trinajstić information content (AvgIpc) is 2.92. The van der Waals surface area contributed by atoms with Gasteiger partial charge in [-0.25, -0.2) is 0 Å². The van der Waals surface area contributed by atoms with Crippen LogP contribution < -0.4 is 9.54 Å². The first-order valence-corrected chi connectivity index (χ1v) is 9.45. The van der Waals surface area contributed by atoms with Crippen molar-refractivity contribution in [1.82, 2.24) is 4.57 Å². The zero-order chi connectivity index (χ0) is 17.2. The van der Waals surface area contributed by atoms with E-state index in [4.69, 9.17) is 4.74 Å². The van der Waals surface area contributed by atoms with Crippen LogP contribution in [0.1, 0.15) is 0 Å². The van der Waals surface area contributed by atoms with E-state index in [-0.39, 0.29) is 4.90 Å². The minimum Gasteiger partial charge on any atom is -0.497 e. The van der Waals surface area contributed by atoms with Crippen LogP contribution >= 0.6 is 11.3 Å². The Kier molecular flexibility index (Phi) is 4.55. The SMILES string of the molecule is C=CCn1/c(=N/S(=O)(=O)c2ccccc2)sc2cc(OC)ccc21. The molecule has 0 saturated heterocycles. The molecule has 5 nitrogen and oxygen atoms in total. The van der Waals surface area contributed by atoms with Crippen molar-refractivity contribution in [3.05, 3.63) is 66.0 Å². The summed E-state index contributed by atoms with van der Waals surface area (Å²) in [5.74, 6) is 0.715. The molecule has 0 aliphatic carbocycles. The van der Waals surface area contributed by atoms with E-state index < -0.39 is 10.0 Å². The Bertz CT molecular complexity index is 1050. The molecular formula is C17H16N2O3S2. The van der Waals surface area contributed by atoms with E-state index >= 15 is 0 Å². The highest BCUT2D eigenvalue weighted by molar-refractivity contribution is 7.90. The number of hydrogen-bond donors (Lipinski definition) is 0. The number of sulfonamides is 1. The van der Waals surface area contributed by atoms with Crippen molar-refractivity contribution in [2.45, 2.75) is 11.4 Å². The second-order valence-electron chi connectivity index (χ2n) is 5.00. The van der Waals surface area contributed by atoms with Crippen molar-refractivity contribution >= 4 is 31.6 Å². The molecule has 0 spiro atoms. The maximum Gasteiger partial charge on any atom is 0.285 e. The Morgan fingerprint density at radius 2 is 2.00 bits per heavy atom. The number of fused-ring (bicyclic) bond motifs is 1. The summed E-state index contributed by atoms with van der Waals surface area (Å²) in [6, 6.07) is 13.8. The predicted molar refractivity (Wildman–Crippen MR) is 95.8 cm³/mol. The van der Waals surface area contributed by atoms with E-state index in [1.54, 1.807) is 31.4 Å². The van der Waals surface area contributed by atoms with Crippen molar-refractivity contribution in [3.63, 3.8) is 0 Å². The molecule has 0 aliphatic rings. The number of hydrogen-bond acceptors (Lipinski definition) is 4. The molecule has 0 unspecified atom stereocenters. The first-order valence-electron chi connectivity index (χ1n) is 7.19. The standard InChI is InChI=1S/C17H16N2O3S2/c1-3-11-19-15-10-9-13(22-2)12-16(15)23-17(19)18-24(20,21)14-7-5-4-6-8-14/h3-10,12H,1,11H2,2H3/b18-17-. The third-order valence-corrected chi connectivity index (χ3v) is 5.88. The van der Waals surface area contributed by atoms with Crippen LogP contribution in [0, 0.1) is 0 Å². The molecule has 0 fully saturated rings. The number of rotatable bonds is 5. The van der Waals surface area contributed by atoms with E-state index in [0.717, 1.165) is 10.2 Å². The number of ether oxygens (including phenoxy) is 1. The molecule has 2 aromatic carbocycles. The molecule has 1 aromatic heterocycles.